The first-order chi connectivity index (χ1) is 8.42. The first-order valence-corrected chi connectivity index (χ1v) is 6.21. The Hall–Kier alpha value is -1.84. The predicted molar refractivity (Wildman–Crippen MR) is 72.8 cm³/mol. The van der Waals surface area contributed by atoms with Crippen LogP contribution in [0.4, 0.5) is 4.79 Å². The SMILES string of the molecule is CCc1nn(C(=O)NC(C)(C)C)c2ccccc12. The molecule has 2 rings (SSSR count). The van der Waals surface area contributed by atoms with Crippen LogP contribution in [0.3, 0.4) is 0 Å². The third-order valence-corrected chi connectivity index (χ3v) is 2.67. The number of hydrogen-bond acceptors (Lipinski definition) is 2. The standard InChI is InChI=1S/C14H19N3O/c1-5-11-10-8-6-7-9-12(10)17(16-11)13(18)15-14(2,3)4/h6-9H,5H2,1-4H3,(H,15,18). The molecule has 4 nitrogen and oxygen atoms in total. The zero-order valence-electron chi connectivity index (χ0n) is 11.3. The van der Waals surface area contributed by atoms with Gasteiger partial charge in [-0.25, -0.2) is 4.79 Å². The summed E-state index contributed by atoms with van der Waals surface area (Å²) in [6.45, 7) is 7.91. The molecule has 0 radical (unpaired) electrons. The summed E-state index contributed by atoms with van der Waals surface area (Å²) in [6.07, 6.45) is 0.816. The second-order valence-corrected chi connectivity index (χ2v) is 5.41. The van der Waals surface area contributed by atoms with E-state index in [0.717, 1.165) is 23.0 Å². The van der Waals surface area contributed by atoms with E-state index in [1.165, 1.54) is 4.68 Å². The van der Waals surface area contributed by atoms with Crippen molar-refractivity contribution in [2.75, 3.05) is 0 Å². The molecule has 2 aromatic rings. The van der Waals surface area contributed by atoms with Gasteiger partial charge in [0.2, 0.25) is 0 Å². The van der Waals surface area contributed by atoms with Gasteiger partial charge in [0.25, 0.3) is 0 Å². The summed E-state index contributed by atoms with van der Waals surface area (Å²) in [7, 11) is 0. The molecule has 0 spiro atoms. The first-order valence-electron chi connectivity index (χ1n) is 6.21. The lowest BCUT2D eigenvalue weighted by atomic mass is 10.1. The molecule has 0 aliphatic rings. The second-order valence-electron chi connectivity index (χ2n) is 5.41. The van der Waals surface area contributed by atoms with E-state index in [9.17, 15) is 4.79 Å². The predicted octanol–water partition coefficient (Wildman–Crippen LogP) is 2.95. The number of nitrogens with one attached hydrogen (secondary N) is 1. The van der Waals surface area contributed by atoms with Crippen LogP contribution < -0.4 is 5.32 Å². The average Bonchev–Trinajstić information content (AvgIpc) is 2.65. The van der Waals surface area contributed by atoms with E-state index in [-0.39, 0.29) is 11.6 Å². The van der Waals surface area contributed by atoms with E-state index >= 15 is 0 Å². The lowest BCUT2D eigenvalue weighted by molar-refractivity contribution is 0.231. The molecule has 96 valence electrons. The molecule has 0 saturated carbocycles. The maximum atomic E-state index is 12.2. The van der Waals surface area contributed by atoms with Gasteiger partial charge in [-0.05, 0) is 33.3 Å². The fourth-order valence-corrected chi connectivity index (χ4v) is 1.92. The van der Waals surface area contributed by atoms with Crippen LogP contribution in [0.1, 0.15) is 33.4 Å². The minimum absolute atomic E-state index is 0.182. The van der Waals surface area contributed by atoms with Crippen LogP contribution >= 0.6 is 0 Å². The van der Waals surface area contributed by atoms with Gasteiger partial charge in [-0.2, -0.15) is 9.78 Å². The number of aromatic nitrogens is 2. The molecule has 1 heterocycles. The molecule has 1 aromatic carbocycles. The molecule has 1 aromatic heterocycles. The van der Waals surface area contributed by atoms with Crippen molar-refractivity contribution in [3.8, 4) is 0 Å². The van der Waals surface area contributed by atoms with Gasteiger partial charge in [-0.15, -0.1) is 0 Å². The van der Waals surface area contributed by atoms with Gasteiger partial charge in [0.1, 0.15) is 0 Å². The van der Waals surface area contributed by atoms with Crippen LogP contribution in [0.5, 0.6) is 0 Å². The summed E-state index contributed by atoms with van der Waals surface area (Å²) in [5, 5.41) is 8.37. The van der Waals surface area contributed by atoms with Crippen molar-refractivity contribution < 1.29 is 4.79 Å². The highest BCUT2D eigenvalue weighted by molar-refractivity contribution is 5.91. The second kappa shape index (κ2) is 4.44. The minimum atomic E-state index is -0.267. The van der Waals surface area contributed by atoms with Crippen molar-refractivity contribution in [3.05, 3.63) is 30.0 Å². The molecule has 0 aliphatic heterocycles. The summed E-state index contributed by atoms with van der Waals surface area (Å²) in [4.78, 5) is 12.2. The van der Waals surface area contributed by atoms with Crippen molar-refractivity contribution in [1.29, 1.82) is 0 Å². The molecule has 0 bridgehead atoms. The lowest BCUT2D eigenvalue weighted by Gasteiger charge is -2.20. The summed E-state index contributed by atoms with van der Waals surface area (Å²) in [5.74, 6) is 0. The molecule has 0 atom stereocenters. The molecule has 0 unspecified atom stereocenters. The Labute approximate surface area is 107 Å². The highest BCUT2D eigenvalue weighted by atomic mass is 16.2. The molecule has 0 saturated heterocycles. The highest BCUT2D eigenvalue weighted by Crippen LogP contribution is 2.18. The number of carbonyl (C=O) groups is 1. The van der Waals surface area contributed by atoms with E-state index in [0.29, 0.717) is 0 Å². The molecule has 1 amide bonds. The summed E-state index contributed by atoms with van der Waals surface area (Å²) in [5.41, 5.74) is 1.54. The fraction of sp³-hybridized carbons (Fsp3) is 0.429. The van der Waals surface area contributed by atoms with Crippen molar-refractivity contribution in [2.45, 2.75) is 39.7 Å². The van der Waals surface area contributed by atoms with Crippen LogP contribution in [0, 0.1) is 0 Å². The van der Waals surface area contributed by atoms with Crippen molar-refractivity contribution in [1.82, 2.24) is 15.1 Å². The molecule has 0 aliphatic carbocycles. The number of rotatable bonds is 1. The Kier molecular flexibility index (Phi) is 3.11. The van der Waals surface area contributed by atoms with E-state index in [2.05, 4.69) is 10.4 Å². The Morgan fingerprint density at radius 3 is 2.61 bits per heavy atom. The van der Waals surface area contributed by atoms with Crippen LogP contribution in [-0.2, 0) is 6.42 Å². The molecule has 0 fully saturated rings. The molecule has 18 heavy (non-hydrogen) atoms. The van der Waals surface area contributed by atoms with Crippen LogP contribution in [0.25, 0.3) is 10.9 Å². The van der Waals surface area contributed by atoms with E-state index < -0.39 is 0 Å². The molecular formula is C14H19N3O. The van der Waals surface area contributed by atoms with E-state index in [1.807, 2.05) is 52.0 Å². The Bertz CT molecular complexity index is 578. The Balaban J connectivity index is 2.48. The number of amides is 1. The third kappa shape index (κ3) is 2.37. The number of fused-ring (bicyclic) bond motifs is 1. The number of carbonyl (C=O) groups excluding carboxylic acids is 1. The Morgan fingerprint density at radius 2 is 2.00 bits per heavy atom. The lowest BCUT2D eigenvalue weighted by Crippen LogP contribution is -2.43. The maximum Gasteiger partial charge on any atom is 0.343 e. The monoisotopic (exact) mass is 245 g/mol. The molecular weight excluding hydrogens is 226 g/mol. The normalized spacial score (nSPS) is 11.8. The first kappa shape index (κ1) is 12.6. The largest absolute Gasteiger partial charge is 0.343 e. The van der Waals surface area contributed by atoms with E-state index in [1.54, 1.807) is 0 Å². The molecule has 1 N–H and O–H groups in total. The van der Waals surface area contributed by atoms with E-state index in [4.69, 9.17) is 0 Å². The quantitative estimate of drug-likeness (QED) is 0.839. The number of hydrogen-bond donors (Lipinski definition) is 1. The average molecular weight is 245 g/mol. The van der Waals surface area contributed by atoms with Gasteiger partial charge in [0, 0.05) is 10.9 Å². The third-order valence-electron chi connectivity index (χ3n) is 2.67. The summed E-state index contributed by atoms with van der Waals surface area (Å²) >= 11 is 0. The zero-order valence-corrected chi connectivity index (χ0v) is 11.3. The number of nitrogens with zero attached hydrogens (tertiary/aromatic N) is 2. The van der Waals surface area contributed by atoms with Gasteiger partial charge in [0.05, 0.1) is 11.2 Å². The van der Waals surface area contributed by atoms with Crippen molar-refractivity contribution in [2.24, 2.45) is 0 Å². The minimum Gasteiger partial charge on any atom is -0.332 e. The van der Waals surface area contributed by atoms with Crippen LogP contribution in [0.2, 0.25) is 0 Å². The summed E-state index contributed by atoms with van der Waals surface area (Å²) < 4.78 is 1.46. The van der Waals surface area contributed by atoms with Crippen LogP contribution in [-0.4, -0.2) is 21.4 Å². The van der Waals surface area contributed by atoms with Gasteiger partial charge >= 0.3 is 6.03 Å². The summed E-state index contributed by atoms with van der Waals surface area (Å²) in [6, 6.07) is 7.63. The topological polar surface area (TPSA) is 46.9 Å². The number of benzene rings is 1. The van der Waals surface area contributed by atoms with Crippen molar-refractivity contribution >= 4 is 16.9 Å². The van der Waals surface area contributed by atoms with Gasteiger partial charge in [-0.1, -0.05) is 25.1 Å². The fourth-order valence-electron chi connectivity index (χ4n) is 1.92. The highest BCUT2D eigenvalue weighted by Gasteiger charge is 2.19. The van der Waals surface area contributed by atoms with Gasteiger partial charge in [-0.3, -0.25) is 0 Å². The maximum absolute atomic E-state index is 12.2. The molecule has 4 heteroatoms. The van der Waals surface area contributed by atoms with Crippen molar-refractivity contribution in [3.63, 3.8) is 0 Å². The zero-order chi connectivity index (χ0) is 13.3. The number of para-hydroxylation sites is 1. The van der Waals surface area contributed by atoms with Gasteiger partial charge < -0.3 is 5.32 Å². The smallest absolute Gasteiger partial charge is 0.332 e. The Morgan fingerprint density at radius 1 is 1.33 bits per heavy atom. The number of aryl methyl sites for hydroxylation is 1. The van der Waals surface area contributed by atoms with Gasteiger partial charge in [0.15, 0.2) is 0 Å². The van der Waals surface area contributed by atoms with Crippen LogP contribution in [0.15, 0.2) is 24.3 Å².